The molecule has 0 bridgehead atoms. The summed E-state index contributed by atoms with van der Waals surface area (Å²) >= 11 is 6.09. The van der Waals surface area contributed by atoms with Gasteiger partial charge in [-0.25, -0.2) is 9.97 Å². The maximum absolute atomic E-state index is 6.09. The fourth-order valence-corrected chi connectivity index (χ4v) is 3.25. The van der Waals surface area contributed by atoms with E-state index in [2.05, 4.69) is 20.6 Å². The Kier molecular flexibility index (Phi) is 5.41. The Morgan fingerprint density at radius 2 is 1.83 bits per heavy atom. The number of anilines is 3. The third kappa shape index (κ3) is 4.29. The van der Waals surface area contributed by atoms with Gasteiger partial charge in [0.25, 0.3) is 0 Å². The summed E-state index contributed by atoms with van der Waals surface area (Å²) in [7, 11) is 1.63. The number of hydrogen-bond donors (Lipinski definition) is 2. The van der Waals surface area contributed by atoms with Gasteiger partial charge in [0.05, 0.1) is 12.8 Å². The van der Waals surface area contributed by atoms with Crippen molar-refractivity contribution in [3.8, 4) is 5.75 Å². The predicted molar refractivity (Wildman–Crippen MR) is 98.6 cm³/mol. The molecule has 2 N–H and O–H groups in total. The number of aryl methyl sites for hydroxylation is 1. The van der Waals surface area contributed by atoms with Crippen LogP contribution < -0.4 is 15.4 Å². The number of ether oxygens (including phenoxy) is 1. The SMILES string of the molecule is COc1ccc(Cl)cc1Nc1cc(NC2CCCCC2)nc(C)n1. The predicted octanol–water partition coefficient (Wildman–Crippen LogP) is 4.94. The number of nitrogens with zero attached hydrogens (tertiary/aromatic N) is 2. The van der Waals surface area contributed by atoms with Gasteiger partial charge < -0.3 is 15.4 Å². The van der Waals surface area contributed by atoms with E-state index in [9.17, 15) is 0 Å². The average Bonchev–Trinajstić information content (AvgIpc) is 2.55. The monoisotopic (exact) mass is 346 g/mol. The van der Waals surface area contributed by atoms with Crippen molar-refractivity contribution >= 4 is 28.9 Å². The second-order valence-electron chi connectivity index (χ2n) is 6.13. The summed E-state index contributed by atoms with van der Waals surface area (Å²) < 4.78 is 5.37. The Morgan fingerprint density at radius 1 is 1.08 bits per heavy atom. The quantitative estimate of drug-likeness (QED) is 0.803. The summed E-state index contributed by atoms with van der Waals surface area (Å²) in [5.74, 6) is 3.02. The van der Waals surface area contributed by atoms with E-state index in [4.69, 9.17) is 16.3 Å². The van der Waals surface area contributed by atoms with E-state index in [0.717, 1.165) is 28.9 Å². The smallest absolute Gasteiger partial charge is 0.142 e. The van der Waals surface area contributed by atoms with Gasteiger partial charge in [0.1, 0.15) is 23.2 Å². The molecule has 0 saturated heterocycles. The van der Waals surface area contributed by atoms with E-state index in [1.807, 2.05) is 25.1 Å². The molecule has 0 spiro atoms. The first kappa shape index (κ1) is 16.8. The number of aromatic nitrogens is 2. The zero-order valence-electron chi connectivity index (χ0n) is 14.1. The summed E-state index contributed by atoms with van der Waals surface area (Å²) in [6.45, 7) is 1.90. The van der Waals surface area contributed by atoms with Gasteiger partial charge in [0, 0.05) is 17.1 Å². The molecule has 0 aliphatic heterocycles. The van der Waals surface area contributed by atoms with Crippen molar-refractivity contribution in [1.82, 2.24) is 9.97 Å². The standard InChI is InChI=1S/C18H23ClN4O/c1-12-20-17(22-14-6-4-3-5-7-14)11-18(21-12)23-15-10-13(19)8-9-16(15)24-2/h8-11,14H,3-7H2,1-2H3,(H2,20,21,22,23). The van der Waals surface area contributed by atoms with Gasteiger partial charge >= 0.3 is 0 Å². The van der Waals surface area contributed by atoms with E-state index in [0.29, 0.717) is 11.1 Å². The summed E-state index contributed by atoms with van der Waals surface area (Å²) in [6.07, 6.45) is 6.31. The van der Waals surface area contributed by atoms with Crippen molar-refractivity contribution < 1.29 is 4.74 Å². The summed E-state index contributed by atoms with van der Waals surface area (Å²) in [6, 6.07) is 7.89. The van der Waals surface area contributed by atoms with Crippen LogP contribution in [0, 0.1) is 6.92 Å². The van der Waals surface area contributed by atoms with Crippen LogP contribution in [0.5, 0.6) is 5.75 Å². The first-order chi connectivity index (χ1) is 11.6. The molecule has 0 radical (unpaired) electrons. The minimum atomic E-state index is 0.501. The van der Waals surface area contributed by atoms with Crippen LogP contribution >= 0.6 is 11.6 Å². The van der Waals surface area contributed by atoms with Gasteiger partial charge in [0.15, 0.2) is 0 Å². The molecule has 5 nitrogen and oxygen atoms in total. The van der Waals surface area contributed by atoms with Gasteiger partial charge in [-0.15, -0.1) is 0 Å². The average molecular weight is 347 g/mol. The topological polar surface area (TPSA) is 59.1 Å². The van der Waals surface area contributed by atoms with E-state index in [1.165, 1.54) is 32.1 Å². The van der Waals surface area contributed by atoms with Gasteiger partial charge in [-0.1, -0.05) is 30.9 Å². The van der Waals surface area contributed by atoms with Gasteiger partial charge in [-0.3, -0.25) is 0 Å². The highest BCUT2D eigenvalue weighted by Crippen LogP contribution is 2.30. The molecule has 0 atom stereocenters. The zero-order valence-corrected chi connectivity index (χ0v) is 14.9. The van der Waals surface area contributed by atoms with E-state index in [-0.39, 0.29) is 0 Å². The highest BCUT2D eigenvalue weighted by Gasteiger charge is 2.14. The minimum absolute atomic E-state index is 0.501. The third-order valence-electron chi connectivity index (χ3n) is 4.22. The molecule has 24 heavy (non-hydrogen) atoms. The lowest BCUT2D eigenvalue weighted by Gasteiger charge is -2.23. The van der Waals surface area contributed by atoms with Crippen molar-refractivity contribution in [2.45, 2.75) is 45.1 Å². The van der Waals surface area contributed by atoms with Gasteiger partial charge in [0.2, 0.25) is 0 Å². The lowest BCUT2D eigenvalue weighted by Crippen LogP contribution is -2.23. The number of hydrogen-bond acceptors (Lipinski definition) is 5. The summed E-state index contributed by atoms with van der Waals surface area (Å²) in [4.78, 5) is 8.98. The third-order valence-corrected chi connectivity index (χ3v) is 4.45. The van der Waals surface area contributed by atoms with Crippen LogP contribution in [0.25, 0.3) is 0 Å². The molecule has 0 amide bonds. The Hall–Kier alpha value is -2.01. The summed E-state index contributed by atoms with van der Waals surface area (Å²) in [5, 5.41) is 7.46. The maximum atomic E-state index is 6.09. The second kappa shape index (κ2) is 7.71. The molecule has 1 aliphatic carbocycles. The van der Waals surface area contributed by atoms with Crippen LogP contribution in [0.4, 0.5) is 17.3 Å². The van der Waals surface area contributed by atoms with Crippen molar-refractivity contribution in [3.05, 3.63) is 35.1 Å². The first-order valence-corrected chi connectivity index (χ1v) is 8.74. The Morgan fingerprint density at radius 3 is 2.58 bits per heavy atom. The molecular weight excluding hydrogens is 324 g/mol. The van der Waals surface area contributed by atoms with E-state index >= 15 is 0 Å². The number of benzene rings is 1. The van der Waals surface area contributed by atoms with Crippen LogP contribution in [0.2, 0.25) is 5.02 Å². The lowest BCUT2D eigenvalue weighted by molar-refractivity contribution is 0.417. The Bertz CT molecular complexity index is 701. The first-order valence-electron chi connectivity index (χ1n) is 8.37. The molecule has 1 aliphatic rings. The van der Waals surface area contributed by atoms with Crippen molar-refractivity contribution in [3.63, 3.8) is 0 Å². The van der Waals surface area contributed by atoms with Gasteiger partial charge in [-0.05, 0) is 38.0 Å². The molecule has 1 saturated carbocycles. The minimum Gasteiger partial charge on any atom is -0.495 e. The van der Waals surface area contributed by atoms with Crippen LogP contribution in [-0.2, 0) is 0 Å². The fraction of sp³-hybridized carbons (Fsp3) is 0.444. The highest BCUT2D eigenvalue weighted by atomic mass is 35.5. The normalized spacial score (nSPS) is 15.1. The molecule has 2 aromatic rings. The van der Waals surface area contributed by atoms with Crippen molar-refractivity contribution in [2.75, 3.05) is 17.7 Å². The number of rotatable bonds is 5. The van der Waals surface area contributed by atoms with E-state index in [1.54, 1.807) is 13.2 Å². The molecule has 3 rings (SSSR count). The van der Waals surface area contributed by atoms with Crippen LogP contribution in [0.1, 0.15) is 37.9 Å². The molecule has 1 aromatic heterocycles. The molecule has 1 aromatic carbocycles. The molecular formula is C18H23ClN4O. The molecule has 6 heteroatoms. The Balaban J connectivity index is 1.79. The van der Waals surface area contributed by atoms with Crippen molar-refractivity contribution in [2.24, 2.45) is 0 Å². The molecule has 0 unspecified atom stereocenters. The summed E-state index contributed by atoms with van der Waals surface area (Å²) in [5.41, 5.74) is 0.784. The van der Waals surface area contributed by atoms with Crippen LogP contribution in [-0.4, -0.2) is 23.1 Å². The maximum Gasteiger partial charge on any atom is 0.142 e. The highest BCUT2D eigenvalue weighted by molar-refractivity contribution is 6.31. The second-order valence-corrected chi connectivity index (χ2v) is 6.57. The fourth-order valence-electron chi connectivity index (χ4n) is 3.08. The van der Waals surface area contributed by atoms with Gasteiger partial charge in [-0.2, -0.15) is 0 Å². The molecule has 1 fully saturated rings. The zero-order chi connectivity index (χ0) is 16.9. The molecule has 128 valence electrons. The van der Waals surface area contributed by atoms with Crippen LogP contribution in [0.3, 0.4) is 0 Å². The number of nitrogens with one attached hydrogen (secondary N) is 2. The largest absolute Gasteiger partial charge is 0.495 e. The van der Waals surface area contributed by atoms with Crippen molar-refractivity contribution in [1.29, 1.82) is 0 Å². The number of methoxy groups -OCH3 is 1. The lowest BCUT2D eigenvalue weighted by atomic mass is 9.95. The van der Waals surface area contributed by atoms with E-state index < -0.39 is 0 Å². The molecule has 1 heterocycles. The Labute approximate surface area is 147 Å². The van der Waals surface area contributed by atoms with Crippen LogP contribution in [0.15, 0.2) is 24.3 Å². The number of halogens is 1.